The van der Waals surface area contributed by atoms with E-state index in [9.17, 15) is 13.2 Å². The Hall–Kier alpha value is -0.660. The molecule has 104 valence electrons. The maximum atomic E-state index is 12.1. The first-order chi connectivity index (χ1) is 8.48. The summed E-state index contributed by atoms with van der Waals surface area (Å²) >= 11 is 0. The van der Waals surface area contributed by atoms with Crippen molar-refractivity contribution >= 4 is 15.7 Å². The summed E-state index contributed by atoms with van der Waals surface area (Å²) in [5, 5.41) is 3.24. The van der Waals surface area contributed by atoms with Crippen LogP contribution in [0.25, 0.3) is 0 Å². The maximum Gasteiger partial charge on any atom is 0.236 e. The number of amides is 1. The van der Waals surface area contributed by atoms with Gasteiger partial charge in [-0.3, -0.25) is 9.69 Å². The molecule has 6 nitrogen and oxygen atoms in total. The summed E-state index contributed by atoms with van der Waals surface area (Å²) in [6, 6.07) is -0.134. The second-order valence-corrected chi connectivity index (χ2v) is 7.32. The average Bonchev–Trinajstić information content (AvgIpc) is 2.70. The number of likely N-dealkylation sites (N-methyl/N-ethyl adjacent to an activating group) is 1. The van der Waals surface area contributed by atoms with Crippen LogP contribution in [0.2, 0.25) is 0 Å². The molecule has 2 aliphatic rings. The van der Waals surface area contributed by atoms with Crippen molar-refractivity contribution < 1.29 is 13.2 Å². The summed E-state index contributed by atoms with van der Waals surface area (Å²) in [5.41, 5.74) is 0. The smallest absolute Gasteiger partial charge is 0.236 e. The molecule has 0 aliphatic carbocycles. The predicted molar refractivity (Wildman–Crippen MR) is 69.1 cm³/mol. The van der Waals surface area contributed by atoms with Crippen LogP contribution in [0, 0.1) is 0 Å². The lowest BCUT2D eigenvalue weighted by molar-refractivity contribution is -0.132. The van der Waals surface area contributed by atoms with Gasteiger partial charge >= 0.3 is 0 Å². The Kier molecular flexibility index (Phi) is 4.24. The summed E-state index contributed by atoms with van der Waals surface area (Å²) < 4.78 is 22.8. The maximum absolute atomic E-state index is 12.1. The SMILES string of the molecule is CN(C(=O)CN1CCNCC1)C1CCS(=O)(=O)C1. The number of carbonyl (C=O) groups excluding carboxylic acids is 1. The number of rotatable bonds is 3. The highest BCUT2D eigenvalue weighted by Gasteiger charge is 2.33. The van der Waals surface area contributed by atoms with Gasteiger partial charge in [-0.05, 0) is 6.42 Å². The van der Waals surface area contributed by atoms with Crippen LogP contribution in [-0.2, 0) is 14.6 Å². The highest BCUT2D eigenvalue weighted by Crippen LogP contribution is 2.16. The summed E-state index contributed by atoms with van der Waals surface area (Å²) in [6.45, 7) is 3.98. The molecular formula is C11H21N3O3S. The van der Waals surface area contributed by atoms with Gasteiger partial charge in [0.05, 0.1) is 18.1 Å². The van der Waals surface area contributed by atoms with Crippen LogP contribution in [0.3, 0.4) is 0 Å². The van der Waals surface area contributed by atoms with E-state index in [4.69, 9.17) is 0 Å². The Morgan fingerprint density at radius 2 is 2.06 bits per heavy atom. The fourth-order valence-electron chi connectivity index (χ4n) is 2.46. The van der Waals surface area contributed by atoms with Gasteiger partial charge in [0, 0.05) is 39.3 Å². The Morgan fingerprint density at radius 3 is 2.61 bits per heavy atom. The van der Waals surface area contributed by atoms with Crippen LogP contribution in [0.5, 0.6) is 0 Å². The van der Waals surface area contributed by atoms with Crippen molar-refractivity contribution in [3.63, 3.8) is 0 Å². The fraction of sp³-hybridized carbons (Fsp3) is 0.909. The van der Waals surface area contributed by atoms with Gasteiger partial charge in [-0.25, -0.2) is 8.42 Å². The quantitative estimate of drug-likeness (QED) is 0.681. The first-order valence-electron chi connectivity index (χ1n) is 6.37. The van der Waals surface area contributed by atoms with Crippen LogP contribution in [0.15, 0.2) is 0 Å². The molecule has 0 saturated carbocycles. The Labute approximate surface area is 108 Å². The first kappa shape index (κ1) is 13.8. The summed E-state index contributed by atoms with van der Waals surface area (Å²) in [6.07, 6.45) is 0.576. The van der Waals surface area contributed by atoms with Crippen molar-refractivity contribution in [2.24, 2.45) is 0 Å². The monoisotopic (exact) mass is 275 g/mol. The van der Waals surface area contributed by atoms with Crippen molar-refractivity contribution in [2.75, 3.05) is 51.3 Å². The molecule has 18 heavy (non-hydrogen) atoms. The molecular weight excluding hydrogens is 254 g/mol. The van der Waals surface area contributed by atoms with Gasteiger partial charge in [-0.15, -0.1) is 0 Å². The minimum atomic E-state index is -2.92. The van der Waals surface area contributed by atoms with Gasteiger partial charge in [0.2, 0.25) is 5.91 Å². The van der Waals surface area contributed by atoms with Crippen molar-refractivity contribution in [3.05, 3.63) is 0 Å². The van der Waals surface area contributed by atoms with E-state index in [2.05, 4.69) is 10.2 Å². The number of nitrogens with one attached hydrogen (secondary N) is 1. The lowest BCUT2D eigenvalue weighted by Crippen LogP contribution is -2.49. The van der Waals surface area contributed by atoms with E-state index >= 15 is 0 Å². The number of hydrogen-bond donors (Lipinski definition) is 1. The van der Waals surface area contributed by atoms with Crippen molar-refractivity contribution in [1.29, 1.82) is 0 Å². The highest BCUT2D eigenvalue weighted by atomic mass is 32.2. The number of nitrogens with zero attached hydrogens (tertiary/aromatic N) is 2. The Bertz CT molecular complexity index is 404. The molecule has 2 aliphatic heterocycles. The molecule has 7 heteroatoms. The van der Waals surface area contributed by atoms with Crippen LogP contribution in [0.4, 0.5) is 0 Å². The molecule has 2 fully saturated rings. The second-order valence-electron chi connectivity index (χ2n) is 5.09. The molecule has 1 N–H and O–H groups in total. The molecule has 0 aromatic carbocycles. The molecule has 0 aromatic rings. The van der Waals surface area contributed by atoms with Crippen LogP contribution in [0.1, 0.15) is 6.42 Å². The van der Waals surface area contributed by atoms with Crippen LogP contribution < -0.4 is 5.32 Å². The zero-order chi connectivity index (χ0) is 13.2. The van der Waals surface area contributed by atoms with E-state index in [1.54, 1.807) is 11.9 Å². The number of carbonyl (C=O) groups is 1. The molecule has 2 heterocycles. The second kappa shape index (κ2) is 5.54. The summed E-state index contributed by atoms with van der Waals surface area (Å²) in [4.78, 5) is 15.8. The van der Waals surface area contributed by atoms with Gasteiger partial charge in [-0.1, -0.05) is 0 Å². The van der Waals surface area contributed by atoms with Gasteiger partial charge in [-0.2, -0.15) is 0 Å². The zero-order valence-corrected chi connectivity index (χ0v) is 11.6. The van der Waals surface area contributed by atoms with Crippen molar-refractivity contribution in [2.45, 2.75) is 12.5 Å². The van der Waals surface area contributed by atoms with Gasteiger partial charge < -0.3 is 10.2 Å². The van der Waals surface area contributed by atoms with Gasteiger partial charge in [0.15, 0.2) is 9.84 Å². The minimum absolute atomic E-state index is 0.0269. The number of hydrogen-bond acceptors (Lipinski definition) is 5. The third-order valence-electron chi connectivity index (χ3n) is 3.72. The number of piperazine rings is 1. The van der Waals surface area contributed by atoms with Gasteiger partial charge in [0.1, 0.15) is 0 Å². The van der Waals surface area contributed by atoms with E-state index in [0.29, 0.717) is 13.0 Å². The van der Waals surface area contributed by atoms with Crippen molar-refractivity contribution in [1.82, 2.24) is 15.1 Å². The van der Waals surface area contributed by atoms with Crippen molar-refractivity contribution in [3.8, 4) is 0 Å². The lowest BCUT2D eigenvalue weighted by atomic mass is 10.2. The molecule has 0 aromatic heterocycles. The van der Waals surface area contributed by atoms with Crippen LogP contribution in [-0.4, -0.2) is 81.4 Å². The zero-order valence-electron chi connectivity index (χ0n) is 10.8. The fourth-order valence-corrected chi connectivity index (χ4v) is 4.23. The summed E-state index contributed by atoms with van der Waals surface area (Å²) in [5.74, 6) is 0.360. The number of sulfone groups is 1. The van der Waals surface area contributed by atoms with E-state index in [0.717, 1.165) is 26.2 Å². The highest BCUT2D eigenvalue weighted by molar-refractivity contribution is 7.91. The average molecular weight is 275 g/mol. The molecule has 0 bridgehead atoms. The van der Waals surface area contributed by atoms with E-state index in [1.807, 2.05) is 0 Å². The summed E-state index contributed by atoms with van der Waals surface area (Å²) in [7, 11) is -1.21. The van der Waals surface area contributed by atoms with Gasteiger partial charge in [0.25, 0.3) is 0 Å². The Balaban J connectivity index is 1.85. The standard InChI is InChI=1S/C11H21N3O3S/c1-13(10-2-7-18(16,17)9-10)11(15)8-14-5-3-12-4-6-14/h10,12H,2-9H2,1H3. The van der Waals surface area contributed by atoms with E-state index in [-0.39, 0.29) is 23.5 Å². The third-order valence-corrected chi connectivity index (χ3v) is 5.47. The molecule has 1 amide bonds. The molecule has 1 atom stereocenters. The van der Waals surface area contributed by atoms with E-state index < -0.39 is 9.84 Å². The first-order valence-corrected chi connectivity index (χ1v) is 8.19. The minimum Gasteiger partial charge on any atom is -0.341 e. The molecule has 0 radical (unpaired) electrons. The van der Waals surface area contributed by atoms with E-state index in [1.165, 1.54) is 0 Å². The topological polar surface area (TPSA) is 69.7 Å². The molecule has 2 saturated heterocycles. The Morgan fingerprint density at radius 1 is 1.39 bits per heavy atom. The third kappa shape index (κ3) is 3.43. The molecule has 0 spiro atoms. The normalized spacial score (nSPS) is 28.2. The molecule has 2 rings (SSSR count). The lowest BCUT2D eigenvalue weighted by Gasteiger charge is -2.30. The predicted octanol–water partition coefficient (Wildman–Crippen LogP) is -1.46. The largest absolute Gasteiger partial charge is 0.341 e. The van der Waals surface area contributed by atoms with Crippen LogP contribution >= 0.6 is 0 Å². The molecule has 1 unspecified atom stereocenters.